The Morgan fingerprint density at radius 2 is 1.76 bits per heavy atom. The van der Waals surface area contributed by atoms with Crippen LogP contribution in [-0.4, -0.2) is 25.5 Å². The first-order chi connectivity index (χ1) is 10.2. The van der Waals surface area contributed by atoms with Gasteiger partial charge in [0.15, 0.2) is 17.3 Å². The topological polar surface area (TPSA) is 47.6 Å². The van der Waals surface area contributed by atoms with Gasteiger partial charge < -0.3 is 14.8 Å². The predicted octanol–water partition coefficient (Wildman–Crippen LogP) is 3.52. The summed E-state index contributed by atoms with van der Waals surface area (Å²) < 4.78 is 11.9. The van der Waals surface area contributed by atoms with Crippen LogP contribution in [0.3, 0.4) is 0 Å². The van der Waals surface area contributed by atoms with Gasteiger partial charge in [-0.05, 0) is 42.5 Å². The van der Waals surface area contributed by atoms with Crippen LogP contribution in [0.2, 0.25) is 0 Å². The molecule has 4 nitrogen and oxygen atoms in total. The molecule has 2 aromatic rings. The van der Waals surface area contributed by atoms with Crippen LogP contribution in [0.5, 0.6) is 11.5 Å². The molecule has 0 spiro atoms. The summed E-state index contributed by atoms with van der Waals surface area (Å²) in [6.45, 7) is 1.30. The predicted molar refractivity (Wildman–Crippen MR) is 84.4 cm³/mol. The molecule has 5 heteroatoms. The molecule has 1 aliphatic heterocycles. The number of ether oxygens (including phenoxy) is 2. The van der Waals surface area contributed by atoms with Crippen LogP contribution in [-0.2, 0) is 0 Å². The van der Waals surface area contributed by atoms with E-state index in [1.165, 1.54) is 0 Å². The number of nitrogens with one attached hydrogen (secondary N) is 1. The van der Waals surface area contributed by atoms with Crippen LogP contribution < -0.4 is 14.8 Å². The Labute approximate surface area is 131 Å². The van der Waals surface area contributed by atoms with Crippen LogP contribution in [0.1, 0.15) is 10.4 Å². The van der Waals surface area contributed by atoms with Gasteiger partial charge in [-0.1, -0.05) is 15.9 Å². The standard InChI is InChI=1S/C16H14BrNO3/c17-12-2-4-13(5-3-12)18-10-14(19)11-1-6-15-16(9-11)21-8-7-20-15/h1-6,9,18H,7-8,10H2. The van der Waals surface area contributed by atoms with Crippen molar-refractivity contribution in [3.8, 4) is 11.5 Å². The number of carbonyl (C=O) groups is 1. The molecule has 108 valence electrons. The first kappa shape index (κ1) is 13.9. The number of Topliss-reactive ketones (excluding diaryl/α,β-unsaturated/α-hetero) is 1. The maximum atomic E-state index is 12.2. The fourth-order valence-electron chi connectivity index (χ4n) is 2.07. The van der Waals surface area contributed by atoms with E-state index < -0.39 is 0 Å². The van der Waals surface area contributed by atoms with Gasteiger partial charge in [0.25, 0.3) is 0 Å². The molecule has 0 radical (unpaired) electrons. The van der Waals surface area contributed by atoms with E-state index in [9.17, 15) is 4.79 Å². The number of fused-ring (bicyclic) bond motifs is 1. The highest BCUT2D eigenvalue weighted by atomic mass is 79.9. The van der Waals surface area contributed by atoms with Gasteiger partial charge in [0.05, 0.1) is 6.54 Å². The zero-order chi connectivity index (χ0) is 14.7. The third kappa shape index (κ3) is 3.36. The highest BCUT2D eigenvalue weighted by Crippen LogP contribution is 2.30. The number of anilines is 1. The molecular weight excluding hydrogens is 334 g/mol. The van der Waals surface area contributed by atoms with Crippen molar-refractivity contribution in [2.75, 3.05) is 25.1 Å². The molecule has 2 aromatic carbocycles. The monoisotopic (exact) mass is 347 g/mol. The minimum atomic E-state index is 0.00916. The van der Waals surface area contributed by atoms with Gasteiger partial charge in [0.2, 0.25) is 0 Å². The van der Waals surface area contributed by atoms with E-state index in [1.54, 1.807) is 18.2 Å². The molecule has 0 unspecified atom stereocenters. The van der Waals surface area contributed by atoms with Gasteiger partial charge in [-0.25, -0.2) is 0 Å². The number of benzene rings is 2. The number of hydrogen-bond donors (Lipinski definition) is 1. The SMILES string of the molecule is O=C(CNc1ccc(Br)cc1)c1ccc2c(c1)OCCO2. The third-order valence-corrected chi connectivity index (χ3v) is 3.69. The molecule has 0 atom stereocenters. The van der Waals surface area contributed by atoms with E-state index in [2.05, 4.69) is 21.2 Å². The van der Waals surface area contributed by atoms with Gasteiger partial charge >= 0.3 is 0 Å². The molecule has 3 rings (SSSR count). The number of hydrogen-bond acceptors (Lipinski definition) is 4. The lowest BCUT2D eigenvalue weighted by molar-refractivity contribution is 0.100. The zero-order valence-corrected chi connectivity index (χ0v) is 12.9. The van der Waals surface area contributed by atoms with Crippen LogP contribution in [0.25, 0.3) is 0 Å². The van der Waals surface area contributed by atoms with Crippen LogP contribution in [0, 0.1) is 0 Å². The summed E-state index contributed by atoms with van der Waals surface area (Å²) in [5.74, 6) is 1.34. The molecular formula is C16H14BrNO3. The summed E-state index contributed by atoms with van der Waals surface area (Å²) in [6, 6.07) is 13.0. The molecule has 1 N–H and O–H groups in total. The molecule has 21 heavy (non-hydrogen) atoms. The lowest BCUT2D eigenvalue weighted by Crippen LogP contribution is -2.17. The Balaban J connectivity index is 1.66. The summed E-state index contributed by atoms with van der Waals surface area (Å²) in [5.41, 5.74) is 1.52. The Kier molecular flexibility index (Phi) is 4.10. The highest BCUT2D eigenvalue weighted by molar-refractivity contribution is 9.10. The second kappa shape index (κ2) is 6.18. The van der Waals surface area contributed by atoms with Crippen LogP contribution in [0.15, 0.2) is 46.9 Å². The zero-order valence-electron chi connectivity index (χ0n) is 11.3. The van der Waals surface area contributed by atoms with Gasteiger partial charge in [-0.2, -0.15) is 0 Å². The first-order valence-corrected chi connectivity index (χ1v) is 7.44. The Bertz CT molecular complexity index is 655. The fourth-order valence-corrected chi connectivity index (χ4v) is 2.33. The highest BCUT2D eigenvalue weighted by Gasteiger charge is 2.14. The van der Waals surface area contributed by atoms with Crippen molar-refractivity contribution in [1.82, 2.24) is 0 Å². The Morgan fingerprint density at radius 1 is 1.05 bits per heavy atom. The Hall–Kier alpha value is -2.01. The van der Waals surface area contributed by atoms with Crippen molar-refractivity contribution in [1.29, 1.82) is 0 Å². The molecule has 0 aromatic heterocycles. The van der Waals surface area contributed by atoms with Crippen molar-refractivity contribution >= 4 is 27.4 Å². The van der Waals surface area contributed by atoms with Crippen molar-refractivity contribution in [3.63, 3.8) is 0 Å². The average Bonchev–Trinajstić information content (AvgIpc) is 2.53. The molecule has 0 saturated carbocycles. The van der Waals surface area contributed by atoms with E-state index in [4.69, 9.17) is 9.47 Å². The number of halogens is 1. The first-order valence-electron chi connectivity index (χ1n) is 6.65. The lowest BCUT2D eigenvalue weighted by Gasteiger charge is -2.18. The maximum absolute atomic E-state index is 12.2. The summed E-state index contributed by atoms with van der Waals surface area (Å²) in [7, 11) is 0. The molecule has 1 aliphatic rings. The second-order valence-electron chi connectivity index (χ2n) is 4.64. The summed E-state index contributed by atoms with van der Waals surface area (Å²) in [5, 5.41) is 3.11. The second-order valence-corrected chi connectivity index (χ2v) is 5.56. The van der Waals surface area contributed by atoms with Crippen molar-refractivity contribution in [2.45, 2.75) is 0 Å². The van der Waals surface area contributed by atoms with E-state index in [1.807, 2.05) is 24.3 Å². The molecule has 1 heterocycles. The number of rotatable bonds is 4. The van der Waals surface area contributed by atoms with E-state index in [-0.39, 0.29) is 12.3 Å². The van der Waals surface area contributed by atoms with Crippen LogP contribution >= 0.6 is 15.9 Å². The van der Waals surface area contributed by atoms with E-state index in [0.717, 1.165) is 10.2 Å². The van der Waals surface area contributed by atoms with Gasteiger partial charge in [0, 0.05) is 15.7 Å². The van der Waals surface area contributed by atoms with Crippen LogP contribution in [0.4, 0.5) is 5.69 Å². The Morgan fingerprint density at radius 3 is 2.52 bits per heavy atom. The molecule has 0 bridgehead atoms. The van der Waals surface area contributed by atoms with E-state index >= 15 is 0 Å². The lowest BCUT2D eigenvalue weighted by atomic mass is 10.1. The summed E-state index contributed by atoms with van der Waals surface area (Å²) >= 11 is 3.38. The largest absolute Gasteiger partial charge is 0.486 e. The quantitative estimate of drug-likeness (QED) is 0.859. The smallest absolute Gasteiger partial charge is 0.181 e. The minimum Gasteiger partial charge on any atom is -0.486 e. The van der Waals surface area contributed by atoms with E-state index in [0.29, 0.717) is 30.3 Å². The number of ketones is 1. The average molecular weight is 348 g/mol. The van der Waals surface area contributed by atoms with Gasteiger partial charge in [-0.15, -0.1) is 0 Å². The van der Waals surface area contributed by atoms with Gasteiger partial charge in [0.1, 0.15) is 13.2 Å². The van der Waals surface area contributed by atoms with Crippen molar-refractivity contribution in [3.05, 3.63) is 52.5 Å². The van der Waals surface area contributed by atoms with Gasteiger partial charge in [-0.3, -0.25) is 4.79 Å². The third-order valence-electron chi connectivity index (χ3n) is 3.16. The summed E-state index contributed by atoms with van der Waals surface area (Å²) in [4.78, 5) is 12.2. The fraction of sp³-hybridized carbons (Fsp3) is 0.188. The molecule has 0 fully saturated rings. The summed E-state index contributed by atoms with van der Waals surface area (Å²) in [6.07, 6.45) is 0. The molecule has 0 saturated heterocycles. The molecule has 0 aliphatic carbocycles. The van der Waals surface area contributed by atoms with Crippen molar-refractivity contribution < 1.29 is 14.3 Å². The normalized spacial score (nSPS) is 12.8. The molecule has 0 amide bonds. The van der Waals surface area contributed by atoms with Crippen molar-refractivity contribution in [2.24, 2.45) is 0 Å². The maximum Gasteiger partial charge on any atom is 0.181 e. The number of carbonyl (C=O) groups excluding carboxylic acids is 1. The minimum absolute atomic E-state index is 0.00916.